The van der Waals surface area contributed by atoms with Gasteiger partial charge in [-0.3, -0.25) is 9.78 Å². The van der Waals surface area contributed by atoms with Gasteiger partial charge in [0.05, 0.1) is 11.1 Å². The number of pyridine rings is 1. The van der Waals surface area contributed by atoms with Crippen molar-refractivity contribution in [2.75, 3.05) is 32.8 Å². The van der Waals surface area contributed by atoms with Gasteiger partial charge in [-0.25, -0.2) is 0 Å². The van der Waals surface area contributed by atoms with Crippen LogP contribution in [0.2, 0.25) is 0 Å². The lowest BCUT2D eigenvalue weighted by atomic mass is 9.99. The second-order valence-electron chi connectivity index (χ2n) is 7.26. The van der Waals surface area contributed by atoms with Crippen LogP contribution in [-0.4, -0.2) is 53.7 Å². The fourth-order valence-electron chi connectivity index (χ4n) is 3.74. The molecule has 0 saturated carbocycles. The number of fused-ring (bicyclic) bond motifs is 1. The molecule has 1 aromatic carbocycles. The Morgan fingerprint density at radius 3 is 3.00 bits per heavy atom. The Morgan fingerprint density at radius 1 is 1.38 bits per heavy atom. The first-order chi connectivity index (χ1) is 12.6. The minimum absolute atomic E-state index is 0.0375. The molecule has 0 spiro atoms. The summed E-state index contributed by atoms with van der Waals surface area (Å²) in [4.78, 5) is 19.7. The molecule has 26 heavy (non-hydrogen) atoms. The van der Waals surface area contributed by atoms with Gasteiger partial charge in [-0.2, -0.15) is 0 Å². The lowest BCUT2D eigenvalue weighted by Gasteiger charge is -2.31. The molecule has 1 saturated heterocycles. The van der Waals surface area contributed by atoms with Gasteiger partial charge >= 0.3 is 0 Å². The first-order valence-electron chi connectivity index (χ1n) is 9.62. The molecule has 1 unspecified atom stereocenters. The maximum atomic E-state index is 12.8. The number of aryl methyl sites for hydroxylation is 2. The van der Waals surface area contributed by atoms with Crippen LogP contribution in [0.1, 0.15) is 41.4 Å². The van der Waals surface area contributed by atoms with Crippen LogP contribution in [0, 0.1) is 12.8 Å². The van der Waals surface area contributed by atoms with Gasteiger partial charge in [-0.1, -0.05) is 13.0 Å². The van der Waals surface area contributed by atoms with E-state index in [1.54, 1.807) is 0 Å². The normalized spacial score (nSPS) is 18.2. The summed E-state index contributed by atoms with van der Waals surface area (Å²) >= 11 is 0. The van der Waals surface area contributed by atoms with E-state index in [1.165, 1.54) is 5.56 Å². The Bertz CT molecular complexity index is 775. The molecule has 1 aliphatic heterocycles. The van der Waals surface area contributed by atoms with Crippen LogP contribution in [0.4, 0.5) is 0 Å². The van der Waals surface area contributed by atoms with Crippen LogP contribution in [0.5, 0.6) is 0 Å². The molecule has 0 bridgehead atoms. The van der Waals surface area contributed by atoms with E-state index in [2.05, 4.69) is 34.3 Å². The van der Waals surface area contributed by atoms with Gasteiger partial charge < -0.3 is 15.3 Å². The van der Waals surface area contributed by atoms with Gasteiger partial charge in [0.1, 0.15) is 0 Å². The monoisotopic (exact) mass is 355 g/mol. The molecular formula is C21H29N3O2. The van der Waals surface area contributed by atoms with Crippen molar-refractivity contribution in [3.05, 3.63) is 41.1 Å². The summed E-state index contributed by atoms with van der Waals surface area (Å²) in [6, 6.07) is 8.03. The Hall–Kier alpha value is -1.98. The predicted octanol–water partition coefficient (Wildman–Crippen LogP) is 2.54. The van der Waals surface area contributed by atoms with Crippen molar-refractivity contribution in [2.24, 2.45) is 5.92 Å². The van der Waals surface area contributed by atoms with Crippen molar-refractivity contribution in [3.63, 3.8) is 0 Å². The summed E-state index contributed by atoms with van der Waals surface area (Å²) in [5, 5.41) is 13.3. The zero-order valence-electron chi connectivity index (χ0n) is 15.8. The molecule has 3 rings (SSSR count). The van der Waals surface area contributed by atoms with Crippen LogP contribution in [0.25, 0.3) is 10.9 Å². The Morgan fingerprint density at radius 2 is 2.23 bits per heavy atom. The highest BCUT2D eigenvalue weighted by Gasteiger charge is 2.19. The number of amides is 1. The predicted molar refractivity (Wildman–Crippen MR) is 104 cm³/mol. The van der Waals surface area contributed by atoms with Gasteiger partial charge in [0.2, 0.25) is 0 Å². The molecular weight excluding hydrogens is 326 g/mol. The lowest BCUT2D eigenvalue weighted by molar-refractivity contribution is 0.0932. The first-order valence-corrected chi connectivity index (χ1v) is 9.62. The summed E-state index contributed by atoms with van der Waals surface area (Å²) in [7, 11) is 0. The van der Waals surface area contributed by atoms with E-state index in [0.29, 0.717) is 18.0 Å². The van der Waals surface area contributed by atoms with Gasteiger partial charge in [0, 0.05) is 37.3 Å². The van der Waals surface area contributed by atoms with E-state index in [0.717, 1.165) is 55.5 Å². The fraction of sp³-hybridized carbons (Fsp3) is 0.524. The highest BCUT2D eigenvalue weighted by atomic mass is 16.3. The number of likely N-dealkylation sites (tertiary alicyclic amines) is 1. The van der Waals surface area contributed by atoms with Crippen molar-refractivity contribution in [2.45, 2.75) is 33.1 Å². The van der Waals surface area contributed by atoms with Gasteiger partial charge in [-0.05, 0) is 62.4 Å². The number of benzene rings is 1. The Labute approximate surface area is 155 Å². The number of aliphatic hydroxyl groups excluding tert-OH is 1. The average molecular weight is 355 g/mol. The molecule has 2 N–H and O–H groups in total. The lowest BCUT2D eigenvalue weighted by Crippen LogP contribution is -2.41. The van der Waals surface area contributed by atoms with E-state index < -0.39 is 0 Å². The zero-order chi connectivity index (χ0) is 18.5. The summed E-state index contributed by atoms with van der Waals surface area (Å²) < 4.78 is 0. The summed E-state index contributed by atoms with van der Waals surface area (Å²) in [6.07, 6.45) is 3.15. The van der Waals surface area contributed by atoms with Crippen LogP contribution >= 0.6 is 0 Å². The van der Waals surface area contributed by atoms with Crippen molar-refractivity contribution >= 4 is 16.8 Å². The number of carbonyl (C=O) groups excluding carboxylic acids is 1. The molecule has 0 radical (unpaired) electrons. The minimum atomic E-state index is -0.0375. The van der Waals surface area contributed by atoms with E-state index in [-0.39, 0.29) is 12.5 Å². The molecule has 0 aliphatic carbocycles. The number of rotatable bonds is 6. The van der Waals surface area contributed by atoms with E-state index in [9.17, 15) is 9.90 Å². The number of nitrogens with zero attached hydrogens (tertiary/aromatic N) is 2. The molecule has 1 amide bonds. The van der Waals surface area contributed by atoms with E-state index in [4.69, 9.17) is 0 Å². The number of nitrogens with one attached hydrogen (secondary N) is 1. The van der Waals surface area contributed by atoms with Crippen molar-refractivity contribution in [1.29, 1.82) is 0 Å². The third-order valence-corrected chi connectivity index (χ3v) is 5.23. The van der Waals surface area contributed by atoms with Crippen molar-refractivity contribution in [3.8, 4) is 0 Å². The van der Waals surface area contributed by atoms with Crippen molar-refractivity contribution in [1.82, 2.24) is 15.2 Å². The largest absolute Gasteiger partial charge is 0.396 e. The summed E-state index contributed by atoms with van der Waals surface area (Å²) in [5.41, 5.74) is 3.64. The number of aromatic nitrogens is 1. The number of piperidine rings is 1. The van der Waals surface area contributed by atoms with Crippen LogP contribution < -0.4 is 5.32 Å². The SMILES string of the molecule is CCc1ccc2nc(C)cc(C(=O)NCCN3CCCC(CO)C3)c2c1. The third-order valence-electron chi connectivity index (χ3n) is 5.23. The molecule has 2 aromatic rings. The smallest absolute Gasteiger partial charge is 0.252 e. The Kier molecular flexibility index (Phi) is 6.22. The molecule has 5 heteroatoms. The number of carbonyl (C=O) groups is 1. The molecule has 2 heterocycles. The summed E-state index contributed by atoms with van der Waals surface area (Å²) in [5.74, 6) is 0.336. The topological polar surface area (TPSA) is 65.5 Å². The number of aliphatic hydroxyl groups is 1. The average Bonchev–Trinajstić information content (AvgIpc) is 2.67. The standard InChI is InChI=1S/C21H29N3O2/c1-3-16-6-7-20-18(12-16)19(11-15(2)23-20)21(26)22-8-10-24-9-4-5-17(13-24)14-25/h6-7,11-12,17,25H,3-5,8-10,13-14H2,1-2H3,(H,22,26). The maximum absolute atomic E-state index is 12.8. The molecule has 1 fully saturated rings. The zero-order valence-corrected chi connectivity index (χ0v) is 15.8. The molecule has 1 atom stereocenters. The number of hydrogen-bond donors (Lipinski definition) is 2. The van der Waals surface area contributed by atoms with Gasteiger partial charge in [0.15, 0.2) is 0 Å². The molecule has 1 aliphatic rings. The Balaban J connectivity index is 1.67. The molecule has 1 aromatic heterocycles. The van der Waals surface area contributed by atoms with E-state index >= 15 is 0 Å². The van der Waals surface area contributed by atoms with Crippen LogP contribution in [-0.2, 0) is 6.42 Å². The van der Waals surface area contributed by atoms with Crippen molar-refractivity contribution < 1.29 is 9.90 Å². The first kappa shape index (κ1) is 18.8. The minimum Gasteiger partial charge on any atom is -0.396 e. The maximum Gasteiger partial charge on any atom is 0.252 e. The third kappa shape index (κ3) is 4.40. The van der Waals surface area contributed by atoms with Gasteiger partial charge in [0.25, 0.3) is 5.91 Å². The summed E-state index contributed by atoms with van der Waals surface area (Å²) in [6.45, 7) is 7.70. The van der Waals surface area contributed by atoms with Crippen LogP contribution in [0.3, 0.4) is 0 Å². The van der Waals surface area contributed by atoms with Crippen LogP contribution in [0.15, 0.2) is 24.3 Å². The highest BCUT2D eigenvalue weighted by Crippen LogP contribution is 2.21. The van der Waals surface area contributed by atoms with E-state index in [1.807, 2.05) is 19.1 Å². The molecule has 140 valence electrons. The highest BCUT2D eigenvalue weighted by molar-refractivity contribution is 6.06. The second kappa shape index (κ2) is 8.60. The quantitative estimate of drug-likeness (QED) is 0.836. The number of hydrogen-bond acceptors (Lipinski definition) is 4. The van der Waals surface area contributed by atoms with Gasteiger partial charge in [-0.15, -0.1) is 0 Å². The fourth-order valence-corrected chi connectivity index (χ4v) is 3.74. The second-order valence-corrected chi connectivity index (χ2v) is 7.26. The molecule has 5 nitrogen and oxygen atoms in total.